The Kier molecular flexibility index (Phi) is 11.4. The molecular formula is C47H60O4. The van der Waals surface area contributed by atoms with E-state index in [-0.39, 0.29) is 17.8 Å². The smallest absolute Gasteiger partial charge is 0.119 e. The molecule has 0 amide bonds. The lowest BCUT2D eigenvalue weighted by Gasteiger charge is -2.41. The van der Waals surface area contributed by atoms with Crippen LogP contribution in [0.4, 0.5) is 0 Å². The third-order valence-corrected chi connectivity index (χ3v) is 13.0. The number of rotatable bonds is 11. The zero-order chi connectivity index (χ0) is 36.3. The first kappa shape index (κ1) is 36.9. The van der Waals surface area contributed by atoms with Crippen molar-refractivity contribution in [3.8, 4) is 23.0 Å². The van der Waals surface area contributed by atoms with Crippen LogP contribution in [0.2, 0.25) is 0 Å². The lowest BCUT2D eigenvalue weighted by atomic mass is 9.61. The van der Waals surface area contributed by atoms with Crippen molar-refractivity contribution in [2.45, 2.75) is 147 Å². The molecule has 2 aliphatic carbocycles. The van der Waals surface area contributed by atoms with Crippen LogP contribution in [0.1, 0.15) is 186 Å². The van der Waals surface area contributed by atoms with Crippen LogP contribution >= 0.6 is 0 Å². The second-order valence-corrected chi connectivity index (χ2v) is 16.1. The van der Waals surface area contributed by atoms with Crippen LogP contribution in [0.5, 0.6) is 23.0 Å². The number of benzene rings is 4. The summed E-state index contributed by atoms with van der Waals surface area (Å²) >= 11 is 0. The van der Waals surface area contributed by atoms with Crippen molar-refractivity contribution >= 4 is 0 Å². The van der Waals surface area contributed by atoms with Crippen LogP contribution in [-0.4, -0.2) is 20.4 Å². The van der Waals surface area contributed by atoms with Gasteiger partial charge in [-0.3, -0.25) is 0 Å². The van der Waals surface area contributed by atoms with Gasteiger partial charge in [-0.2, -0.15) is 0 Å². The molecule has 0 saturated heterocycles. The molecule has 0 bridgehead atoms. The monoisotopic (exact) mass is 688 g/mol. The molecule has 0 heterocycles. The number of hydrogen-bond acceptors (Lipinski definition) is 4. The van der Waals surface area contributed by atoms with E-state index in [1.165, 1.54) is 38.5 Å². The Hall–Kier alpha value is -3.92. The highest BCUT2D eigenvalue weighted by atomic mass is 16.3. The van der Waals surface area contributed by atoms with Crippen LogP contribution in [0.25, 0.3) is 0 Å². The Balaban J connectivity index is 1.67. The molecule has 2 atom stereocenters. The SMILES string of the molecule is CCC(C)c1cc(C(C)(c2ccc(O)c(C(C)CC)c2)C(c2ccc(O)c(C3CCCCC3)c2)c2ccc(O)c(C3CCCCC3)c2)ccc1O. The van der Waals surface area contributed by atoms with Crippen LogP contribution in [-0.2, 0) is 5.41 Å². The molecule has 0 spiro atoms. The summed E-state index contributed by atoms with van der Waals surface area (Å²) in [6, 6.07) is 24.8. The highest BCUT2D eigenvalue weighted by Crippen LogP contribution is 2.53. The van der Waals surface area contributed by atoms with Gasteiger partial charge in [-0.25, -0.2) is 0 Å². The van der Waals surface area contributed by atoms with Gasteiger partial charge in [-0.15, -0.1) is 0 Å². The maximum absolute atomic E-state index is 11.3. The zero-order valence-corrected chi connectivity index (χ0v) is 31.6. The molecule has 4 aromatic rings. The predicted molar refractivity (Wildman–Crippen MR) is 210 cm³/mol. The summed E-state index contributed by atoms with van der Waals surface area (Å²) in [7, 11) is 0. The minimum absolute atomic E-state index is 0.168. The Bertz CT molecular complexity index is 1670. The first-order valence-electron chi connectivity index (χ1n) is 19.9. The number of phenolic OH excluding ortho intramolecular Hbond substituents is 4. The van der Waals surface area contributed by atoms with E-state index in [1.54, 1.807) is 0 Å². The van der Waals surface area contributed by atoms with Gasteiger partial charge in [0.2, 0.25) is 0 Å². The van der Waals surface area contributed by atoms with Crippen molar-refractivity contribution in [3.63, 3.8) is 0 Å². The first-order chi connectivity index (χ1) is 24.6. The Morgan fingerprint density at radius 1 is 0.529 bits per heavy atom. The molecule has 51 heavy (non-hydrogen) atoms. The van der Waals surface area contributed by atoms with Gasteiger partial charge in [0.25, 0.3) is 0 Å². The third kappa shape index (κ3) is 7.39. The molecule has 272 valence electrons. The third-order valence-electron chi connectivity index (χ3n) is 13.0. The summed E-state index contributed by atoms with van der Waals surface area (Å²) in [5.74, 6) is 2.12. The van der Waals surface area contributed by atoms with E-state index in [4.69, 9.17) is 0 Å². The maximum Gasteiger partial charge on any atom is 0.119 e. The van der Waals surface area contributed by atoms with Gasteiger partial charge < -0.3 is 20.4 Å². The van der Waals surface area contributed by atoms with Crippen molar-refractivity contribution in [1.82, 2.24) is 0 Å². The van der Waals surface area contributed by atoms with Gasteiger partial charge in [0.05, 0.1) is 0 Å². The lowest BCUT2D eigenvalue weighted by molar-refractivity contribution is 0.411. The molecule has 2 fully saturated rings. The predicted octanol–water partition coefficient (Wildman–Crippen LogP) is 12.8. The highest BCUT2D eigenvalue weighted by molar-refractivity contribution is 5.57. The molecule has 4 N–H and O–H groups in total. The van der Waals surface area contributed by atoms with Crippen LogP contribution in [0.15, 0.2) is 72.8 Å². The second-order valence-electron chi connectivity index (χ2n) is 16.1. The topological polar surface area (TPSA) is 80.9 Å². The van der Waals surface area contributed by atoms with E-state index < -0.39 is 5.41 Å². The summed E-state index contributed by atoms with van der Waals surface area (Å²) < 4.78 is 0. The fourth-order valence-electron chi connectivity index (χ4n) is 9.33. The summed E-state index contributed by atoms with van der Waals surface area (Å²) in [5, 5.41) is 45.0. The Morgan fingerprint density at radius 3 is 1.27 bits per heavy atom. The van der Waals surface area contributed by atoms with Crippen LogP contribution < -0.4 is 0 Å². The van der Waals surface area contributed by atoms with Gasteiger partial charge in [0.15, 0.2) is 0 Å². The minimum Gasteiger partial charge on any atom is -0.508 e. The molecule has 2 saturated carbocycles. The lowest BCUT2D eigenvalue weighted by Crippen LogP contribution is -2.33. The van der Waals surface area contributed by atoms with E-state index in [9.17, 15) is 20.4 Å². The van der Waals surface area contributed by atoms with Crippen molar-refractivity contribution in [2.24, 2.45) is 0 Å². The van der Waals surface area contributed by atoms with Crippen LogP contribution in [0, 0.1) is 0 Å². The molecule has 6 rings (SSSR count). The van der Waals surface area contributed by atoms with Gasteiger partial charge in [-0.05, 0) is 131 Å². The largest absolute Gasteiger partial charge is 0.508 e. The van der Waals surface area contributed by atoms with E-state index >= 15 is 0 Å². The molecule has 0 aromatic heterocycles. The number of phenols is 4. The average molecular weight is 689 g/mol. The number of hydrogen-bond donors (Lipinski definition) is 4. The van der Waals surface area contributed by atoms with Crippen molar-refractivity contribution < 1.29 is 20.4 Å². The van der Waals surface area contributed by atoms with Gasteiger partial charge in [0.1, 0.15) is 23.0 Å². The van der Waals surface area contributed by atoms with E-state index in [1.807, 2.05) is 24.3 Å². The molecule has 2 unspecified atom stereocenters. The molecular weight excluding hydrogens is 629 g/mol. The van der Waals surface area contributed by atoms with E-state index in [2.05, 4.69) is 83.1 Å². The quantitative estimate of drug-likeness (QED) is 0.126. The molecule has 0 radical (unpaired) electrons. The van der Waals surface area contributed by atoms with Gasteiger partial charge in [0, 0.05) is 11.3 Å². The van der Waals surface area contributed by atoms with Crippen molar-refractivity contribution in [3.05, 3.63) is 117 Å². The summed E-state index contributed by atoms with van der Waals surface area (Å²) in [5.41, 5.74) is 7.66. The summed E-state index contributed by atoms with van der Waals surface area (Å²) in [4.78, 5) is 0. The Morgan fingerprint density at radius 2 is 0.902 bits per heavy atom. The molecule has 0 aliphatic heterocycles. The van der Waals surface area contributed by atoms with Crippen molar-refractivity contribution in [2.75, 3.05) is 0 Å². The standard InChI is InChI=1S/C47H60O4/c1-6-30(3)38-28-36(20-24-42(38)48)47(5,37-21-25-43(49)39(29-37)31(4)7-2)46(34-18-22-44(50)40(26-34)32-14-10-8-11-15-32)35-19-23-45(51)41(27-35)33-16-12-9-13-17-33/h18-33,46,48-51H,6-17H2,1-5H3. The number of aromatic hydroxyl groups is 4. The minimum atomic E-state index is -0.673. The van der Waals surface area contributed by atoms with Gasteiger partial charge in [-0.1, -0.05) is 122 Å². The van der Waals surface area contributed by atoms with E-state index in [0.29, 0.717) is 34.8 Å². The molecule has 4 aromatic carbocycles. The highest BCUT2D eigenvalue weighted by Gasteiger charge is 2.42. The molecule has 2 aliphatic rings. The van der Waals surface area contributed by atoms with E-state index in [0.717, 1.165) is 83.0 Å². The molecule has 4 heteroatoms. The van der Waals surface area contributed by atoms with Gasteiger partial charge >= 0.3 is 0 Å². The molecule has 4 nitrogen and oxygen atoms in total. The van der Waals surface area contributed by atoms with Crippen LogP contribution in [0.3, 0.4) is 0 Å². The average Bonchev–Trinajstić information content (AvgIpc) is 3.16. The maximum atomic E-state index is 11.3. The second kappa shape index (κ2) is 15.8. The fourth-order valence-corrected chi connectivity index (χ4v) is 9.33. The summed E-state index contributed by atoms with van der Waals surface area (Å²) in [6.45, 7) is 11.0. The Labute approximate surface area is 306 Å². The first-order valence-corrected chi connectivity index (χ1v) is 19.9. The zero-order valence-electron chi connectivity index (χ0n) is 31.6. The summed E-state index contributed by atoms with van der Waals surface area (Å²) in [6.07, 6.45) is 13.3. The normalized spacial score (nSPS) is 18.4. The fraction of sp³-hybridized carbons (Fsp3) is 0.489. The van der Waals surface area contributed by atoms with Crippen molar-refractivity contribution in [1.29, 1.82) is 0 Å².